The van der Waals surface area contributed by atoms with Crippen LogP contribution in [0.3, 0.4) is 0 Å². The predicted molar refractivity (Wildman–Crippen MR) is 85.6 cm³/mol. The average Bonchev–Trinajstić information content (AvgIpc) is 3.06. The maximum Gasteiger partial charge on any atom is 0.263 e. The molecule has 25 heavy (non-hydrogen) atoms. The summed E-state index contributed by atoms with van der Waals surface area (Å²) >= 11 is 0. The molecule has 1 aliphatic rings. The van der Waals surface area contributed by atoms with E-state index >= 15 is 0 Å². The Balaban J connectivity index is 1.66. The van der Waals surface area contributed by atoms with Gasteiger partial charge in [0.2, 0.25) is 5.91 Å². The fourth-order valence-electron chi connectivity index (χ4n) is 2.67. The molecule has 1 fully saturated rings. The Morgan fingerprint density at radius 3 is 2.68 bits per heavy atom. The first-order valence-electron chi connectivity index (χ1n) is 7.89. The molecule has 2 heterocycles. The highest BCUT2D eigenvalue weighted by atomic mass is 19.3. The maximum absolute atomic E-state index is 13.5. The standard InChI is InChI=1S/C17H17F3N4O/c18-13-5-6-21-15(13)17(25)22-8-12-7-14(24-9-23-12)10-1-3-11(4-2-10)16(19)20/h1-4,7,9,13,15-16,21H,5-6,8H2,(H,22,25)/t13-,15-/m0/s1. The molecule has 2 atom stereocenters. The van der Waals surface area contributed by atoms with Gasteiger partial charge in [0.15, 0.2) is 0 Å². The first-order valence-corrected chi connectivity index (χ1v) is 7.89. The van der Waals surface area contributed by atoms with E-state index in [1.54, 1.807) is 18.2 Å². The van der Waals surface area contributed by atoms with Crippen molar-refractivity contribution >= 4 is 5.91 Å². The van der Waals surface area contributed by atoms with Gasteiger partial charge in [0, 0.05) is 11.1 Å². The van der Waals surface area contributed by atoms with Gasteiger partial charge in [-0.15, -0.1) is 0 Å². The summed E-state index contributed by atoms with van der Waals surface area (Å²) in [5.41, 5.74) is 1.71. The molecule has 1 aromatic heterocycles. The Hall–Kier alpha value is -2.48. The van der Waals surface area contributed by atoms with Crippen LogP contribution in [-0.4, -0.2) is 34.6 Å². The Labute approximate surface area is 142 Å². The molecular formula is C17H17F3N4O. The largest absolute Gasteiger partial charge is 0.349 e. The summed E-state index contributed by atoms with van der Waals surface area (Å²) in [7, 11) is 0. The topological polar surface area (TPSA) is 66.9 Å². The van der Waals surface area contributed by atoms with Crippen molar-refractivity contribution in [1.82, 2.24) is 20.6 Å². The molecule has 1 aliphatic heterocycles. The van der Waals surface area contributed by atoms with Crippen molar-refractivity contribution in [2.75, 3.05) is 6.54 Å². The van der Waals surface area contributed by atoms with Crippen LogP contribution in [0.4, 0.5) is 13.2 Å². The fraction of sp³-hybridized carbons (Fsp3) is 0.353. The second-order valence-electron chi connectivity index (χ2n) is 5.77. The second-order valence-corrected chi connectivity index (χ2v) is 5.77. The van der Waals surface area contributed by atoms with Crippen LogP contribution in [0.15, 0.2) is 36.7 Å². The van der Waals surface area contributed by atoms with E-state index < -0.39 is 24.5 Å². The summed E-state index contributed by atoms with van der Waals surface area (Å²) < 4.78 is 38.7. The molecule has 0 bridgehead atoms. The van der Waals surface area contributed by atoms with Crippen LogP contribution in [-0.2, 0) is 11.3 Å². The highest BCUT2D eigenvalue weighted by Gasteiger charge is 2.32. The van der Waals surface area contributed by atoms with Crippen molar-refractivity contribution in [1.29, 1.82) is 0 Å². The molecule has 2 N–H and O–H groups in total. The molecule has 5 nitrogen and oxygen atoms in total. The molecule has 0 unspecified atom stereocenters. The summed E-state index contributed by atoms with van der Waals surface area (Å²) in [6, 6.07) is 6.63. The number of benzene rings is 1. The quantitative estimate of drug-likeness (QED) is 0.869. The lowest BCUT2D eigenvalue weighted by molar-refractivity contribution is -0.124. The lowest BCUT2D eigenvalue weighted by atomic mass is 10.1. The molecule has 0 spiro atoms. The van der Waals surface area contributed by atoms with Crippen molar-refractivity contribution in [2.24, 2.45) is 0 Å². The molecule has 2 aromatic rings. The van der Waals surface area contributed by atoms with Crippen molar-refractivity contribution in [3.8, 4) is 11.3 Å². The zero-order chi connectivity index (χ0) is 17.8. The molecule has 1 amide bonds. The Bertz CT molecular complexity index is 739. The molecular weight excluding hydrogens is 333 g/mol. The van der Waals surface area contributed by atoms with Crippen LogP contribution >= 0.6 is 0 Å². The fourth-order valence-corrected chi connectivity index (χ4v) is 2.67. The number of carbonyl (C=O) groups is 1. The van der Waals surface area contributed by atoms with Crippen molar-refractivity contribution in [3.63, 3.8) is 0 Å². The van der Waals surface area contributed by atoms with E-state index in [-0.39, 0.29) is 12.1 Å². The first-order chi connectivity index (χ1) is 12.0. The summed E-state index contributed by atoms with van der Waals surface area (Å²) in [5, 5.41) is 5.46. The average molecular weight is 350 g/mol. The lowest BCUT2D eigenvalue weighted by Crippen LogP contribution is -2.44. The van der Waals surface area contributed by atoms with Gasteiger partial charge in [-0.1, -0.05) is 24.3 Å². The SMILES string of the molecule is O=C(NCc1cc(-c2ccc(C(F)F)cc2)ncn1)[C@H]1NCC[C@@H]1F. The summed E-state index contributed by atoms with van der Waals surface area (Å²) in [6.07, 6.45) is -2.04. The highest BCUT2D eigenvalue weighted by Crippen LogP contribution is 2.23. The smallest absolute Gasteiger partial charge is 0.263 e. The van der Waals surface area contributed by atoms with E-state index in [0.717, 1.165) is 0 Å². The van der Waals surface area contributed by atoms with Crippen LogP contribution in [0.25, 0.3) is 11.3 Å². The number of aromatic nitrogens is 2. The molecule has 0 saturated carbocycles. The van der Waals surface area contributed by atoms with E-state index in [1.807, 2.05) is 0 Å². The van der Waals surface area contributed by atoms with E-state index in [0.29, 0.717) is 29.9 Å². The van der Waals surface area contributed by atoms with Crippen LogP contribution in [0.2, 0.25) is 0 Å². The number of halogens is 3. The monoisotopic (exact) mass is 350 g/mol. The summed E-state index contributed by atoms with van der Waals surface area (Å²) in [4.78, 5) is 20.1. The van der Waals surface area contributed by atoms with Crippen LogP contribution < -0.4 is 10.6 Å². The molecule has 0 aliphatic carbocycles. The number of alkyl halides is 3. The molecule has 1 aromatic carbocycles. The predicted octanol–water partition coefficient (Wildman–Crippen LogP) is 2.40. The number of amides is 1. The first kappa shape index (κ1) is 17.3. The molecule has 0 radical (unpaired) electrons. The normalized spacial score (nSPS) is 20.0. The number of carbonyl (C=O) groups excluding carboxylic acids is 1. The minimum atomic E-state index is -2.52. The van der Waals surface area contributed by atoms with Gasteiger partial charge in [0.1, 0.15) is 18.5 Å². The number of nitrogens with one attached hydrogen (secondary N) is 2. The maximum atomic E-state index is 13.5. The van der Waals surface area contributed by atoms with Gasteiger partial charge >= 0.3 is 0 Å². The highest BCUT2D eigenvalue weighted by molar-refractivity contribution is 5.82. The van der Waals surface area contributed by atoms with E-state index in [1.165, 1.54) is 18.5 Å². The zero-order valence-corrected chi connectivity index (χ0v) is 13.3. The molecule has 3 rings (SSSR count). The number of hydrogen-bond acceptors (Lipinski definition) is 4. The summed E-state index contributed by atoms with van der Waals surface area (Å²) in [5.74, 6) is -0.411. The van der Waals surface area contributed by atoms with Gasteiger partial charge in [-0.2, -0.15) is 0 Å². The lowest BCUT2D eigenvalue weighted by Gasteiger charge is -2.13. The van der Waals surface area contributed by atoms with Gasteiger partial charge in [0.05, 0.1) is 17.9 Å². The zero-order valence-electron chi connectivity index (χ0n) is 13.3. The van der Waals surface area contributed by atoms with Crippen LogP contribution in [0, 0.1) is 0 Å². The summed E-state index contributed by atoms with van der Waals surface area (Å²) in [6.45, 7) is 0.611. The second kappa shape index (κ2) is 7.60. The van der Waals surface area contributed by atoms with E-state index in [4.69, 9.17) is 0 Å². The number of hydrogen-bond donors (Lipinski definition) is 2. The third-order valence-corrected chi connectivity index (χ3v) is 4.05. The van der Waals surface area contributed by atoms with Crippen molar-refractivity contribution in [2.45, 2.75) is 31.6 Å². The van der Waals surface area contributed by atoms with Gasteiger partial charge in [-0.25, -0.2) is 23.1 Å². The molecule has 132 valence electrons. The van der Waals surface area contributed by atoms with Crippen molar-refractivity contribution in [3.05, 3.63) is 47.9 Å². The van der Waals surface area contributed by atoms with Gasteiger partial charge in [0.25, 0.3) is 6.43 Å². The molecule has 1 saturated heterocycles. The van der Waals surface area contributed by atoms with Crippen LogP contribution in [0.5, 0.6) is 0 Å². The van der Waals surface area contributed by atoms with E-state index in [9.17, 15) is 18.0 Å². The van der Waals surface area contributed by atoms with Gasteiger partial charge in [-0.05, 0) is 19.0 Å². The molecule has 8 heteroatoms. The number of rotatable bonds is 5. The van der Waals surface area contributed by atoms with E-state index in [2.05, 4.69) is 20.6 Å². The van der Waals surface area contributed by atoms with Crippen molar-refractivity contribution < 1.29 is 18.0 Å². The third-order valence-electron chi connectivity index (χ3n) is 4.05. The van der Waals surface area contributed by atoms with Gasteiger partial charge < -0.3 is 10.6 Å². The minimum absolute atomic E-state index is 0.0601. The Morgan fingerprint density at radius 2 is 2.04 bits per heavy atom. The minimum Gasteiger partial charge on any atom is -0.349 e. The van der Waals surface area contributed by atoms with Gasteiger partial charge in [-0.3, -0.25) is 4.79 Å². The van der Waals surface area contributed by atoms with Crippen LogP contribution in [0.1, 0.15) is 24.1 Å². The third kappa shape index (κ3) is 4.14. The number of nitrogens with zero attached hydrogens (tertiary/aromatic N) is 2. The Kier molecular flexibility index (Phi) is 5.28. The Morgan fingerprint density at radius 1 is 1.28 bits per heavy atom.